The van der Waals surface area contributed by atoms with Crippen LogP contribution in [-0.2, 0) is 0 Å². The SMILES string of the molecule is [C-]#[N+]c1ccc2c(c1)c1ccccc1n2-c1ccccc1-c1ccc([Si](c2ccccc2)(c2ccccc2)c2ccccc2)cc1. The predicted octanol–water partition coefficient (Wildman–Crippen LogP) is 8.38. The van der Waals surface area contributed by atoms with Crippen molar-refractivity contribution in [2.45, 2.75) is 0 Å². The third-order valence-corrected chi connectivity index (χ3v) is 14.0. The molecule has 46 heavy (non-hydrogen) atoms. The molecule has 8 aromatic rings. The van der Waals surface area contributed by atoms with Crippen molar-refractivity contribution >= 4 is 56.3 Å². The molecule has 0 amide bonds. The number of aromatic nitrogens is 1. The summed E-state index contributed by atoms with van der Waals surface area (Å²) in [6.45, 7) is 7.59. The van der Waals surface area contributed by atoms with Crippen molar-refractivity contribution in [2.75, 3.05) is 0 Å². The third kappa shape index (κ3) is 4.39. The van der Waals surface area contributed by atoms with Crippen LogP contribution in [-0.4, -0.2) is 12.6 Å². The number of hydrogen-bond donors (Lipinski definition) is 0. The van der Waals surface area contributed by atoms with Gasteiger partial charge in [0, 0.05) is 10.9 Å². The molecule has 0 N–H and O–H groups in total. The van der Waals surface area contributed by atoms with Gasteiger partial charge in [-0.25, -0.2) is 4.85 Å². The molecule has 7 aromatic carbocycles. The number of hydrogen-bond acceptors (Lipinski definition) is 0. The van der Waals surface area contributed by atoms with E-state index in [1.807, 2.05) is 12.1 Å². The lowest BCUT2D eigenvalue weighted by atomic mass is 10.0. The Bertz CT molecular complexity index is 2250. The smallest absolute Gasteiger partial charge is 0.188 e. The summed E-state index contributed by atoms with van der Waals surface area (Å²) >= 11 is 0. The lowest BCUT2D eigenvalue weighted by Crippen LogP contribution is -2.74. The van der Waals surface area contributed by atoms with Crippen LogP contribution in [0.3, 0.4) is 0 Å². The molecule has 0 fully saturated rings. The first-order chi connectivity index (χ1) is 22.8. The van der Waals surface area contributed by atoms with E-state index in [2.05, 4.69) is 179 Å². The Morgan fingerprint density at radius 1 is 0.435 bits per heavy atom. The van der Waals surface area contributed by atoms with Crippen molar-refractivity contribution in [1.29, 1.82) is 0 Å². The standard InChI is InChI=1S/C43H30N2Si/c1-44-33-27-30-43-40(31-33)39-22-12-14-24-42(39)45(43)41-23-13-11-21-38(41)32-25-28-37(29-26-32)46(34-15-5-2-6-16-34,35-17-7-3-8-18-35)36-19-9-4-10-20-36/h2-31H. The van der Waals surface area contributed by atoms with Gasteiger partial charge in [0.2, 0.25) is 0 Å². The van der Waals surface area contributed by atoms with Crippen molar-refractivity contribution in [3.05, 3.63) is 193 Å². The Morgan fingerprint density at radius 2 is 0.935 bits per heavy atom. The average molecular weight is 603 g/mol. The predicted molar refractivity (Wildman–Crippen MR) is 196 cm³/mol. The minimum absolute atomic E-state index is 0.655. The van der Waals surface area contributed by atoms with Gasteiger partial charge in [-0.2, -0.15) is 0 Å². The second-order valence-corrected chi connectivity index (χ2v) is 15.4. The fraction of sp³-hybridized carbons (Fsp3) is 0. The lowest BCUT2D eigenvalue weighted by Gasteiger charge is -2.34. The van der Waals surface area contributed by atoms with Gasteiger partial charge in [-0.15, -0.1) is 0 Å². The fourth-order valence-corrected chi connectivity index (χ4v) is 11.9. The van der Waals surface area contributed by atoms with E-state index in [0.29, 0.717) is 5.69 Å². The number of benzene rings is 7. The first-order valence-electron chi connectivity index (χ1n) is 15.6. The molecule has 3 heteroatoms. The molecule has 0 aliphatic carbocycles. The van der Waals surface area contributed by atoms with Crippen molar-refractivity contribution in [1.82, 2.24) is 4.57 Å². The maximum Gasteiger partial charge on any atom is 0.188 e. The maximum absolute atomic E-state index is 7.59. The quantitative estimate of drug-likeness (QED) is 0.103. The zero-order valence-corrected chi connectivity index (χ0v) is 26.2. The minimum Gasteiger partial charge on any atom is -0.309 e. The minimum atomic E-state index is -2.60. The van der Waals surface area contributed by atoms with Crippen molar-refractivity contribution in [3.63, 3.8) is 0 Å². The van der Waals surface area contributed by atoms with Gasteiger partial charge in [0.1, 0.15) is 0 Å². The molecule has 1 heterocycles. The largest absolute Gasteiger partial charge is 0.309 e. The summed E-state index contributed by atoms with van der Waals surface area (Å²) in [5.74, 6) is 0. The van der Waals surface area contributed by atoms with Crippen LogP contribution in [0.5, 0.6) is 0 Å². The molecule has 0 radical (unpaired) electrons. The van der Waals surface area contributed by atoms with Gasteiger partial charge in [-0.3, -0.25) is 0 Å². The molecule has 0 spiro atoms. The van der Waals surface area contributed by atoms with Crippen LogP contribution in [0.2, 0.25) is 0 Å². The highest BCUT2D eigenvalue weighted by atomic mass is 28.3. The van der Waals surface area contributed by atoms with Crippen molar-refractivity contribution < 1.29 is 0 Å². The van der Waals surface area contributed by atoms with Gasteiger partial charge in [0.05, 0.1) is 23.3 Å². The van der Waals surface area contributed by atoms with Crippen LogP contribution in [0, 0.1) is 6.57 Å². The Kier molecular flexibility index (Phi) is 6.91. The molecule has 2 nitrogen and oxygen atoms in total. The summed E-state index contributed by atoms with van der Waals surface area (Å²) in [5, 5.41) is 7.69. The van der Waals surface area contributed by atoms with Gasteiger partial charge >= 0.3 is 0 Å². The Balaban J connectivity index is 1.34. The van der Waals surface area contributed by atoms with Gasteiger partial charge < -0.3 is 4.57 Å². The zero-order chi connectivity index (χ0) is 30.9. The van der Waals surface area contributed by atoms with E-state index < -0.39 is 8.07 Å². The van der Waals surface area contributed by atoms with Gasteiger partial charge in [-0.05, 0) is 56.0 Å². The molecule has 0 aliphatic heterocycles. The third-order valence-electron chi connectivity index (χ3n) is 9.18. The Morgan fingerprint density at radius 3 is 1.54 bits per heavy atom. The fourth-order valence-electron chi connectivity index (χ4n) is 7.17. The van der Waals surface area contributed by atoms with E-state index in [1.165, 1.54) is 26.3 Å². The lowest BCUT2D eigenvalue weighted by molar-refractivity contribution is 1.18. The van der Waals surface area contributed by atoms with Gasteiger partial charge in [0.15, 0.2) is 13.8 Å². The van der Waals surface area contributed by atoms with Crippen LogP contribution in [0.1, 0.15) is 0 Å². The van der Waals surface area contributed by atoms with Crippen LogP contribution in [0.25, 0.3) is 43.5 Å². The second kappa shape index (κ2) is 11.5. The normalized spacial score (nSPS) is 11.5. The molecule has 1 aromatic heterocycles. The monoisotopic (exact) mass is 602 g/mol. The number of fused-ring (bicyclic) bond motifs is 3. The molecular formula is C43H30N2Si. The van der Waals surface area contributed by atoms with E-state index in [9.17, 15) is 0 Å². The number of nitrogens with zero attached hydrogens (tertiary/aromatic N) is 2. The van der Waals surface area contributed by atoms with Crippen LogP contribution in [0.4, 0.5) is 5.69 Å². The summed E-state index contributed by atoms with van der Waals surface area (Å²) in [5.41, 5.74) is 6.34. The molecule has 8 rings (SSSR count). The van der Waals surface area contributed by atoms with Gasteiger partial charge in [-0.1, -0.05) is 158 Å². The highest BCUT2D eigenvalue weighted by Crippen LogP contribution is 2.37. The number of para-hydroxylation sites is 2. The highest BCUT2D eigenvalue weighted by Gasteiger charge is 2.41. The molecule has 0 bridgehead atoms. The number of rotatable bonds is 6. The average Bonchev–Trinajstić information content (AvgIpc) is 3.47. The molecule has 0 unspecified atom stereocenters. The topological polar surface area (TPSA) is 9.29 Å². The Labute approximate surface area is 270 Å². The van der Waals surface area contributed by atoms with E-state index in [1.54, 1.807) is 0 Å². The second-order valence-electron chi connectivity index (χ2n) is 11.6. The first kappa shape index (κ1) is 27.6. The zero-order valence-electron chi connectivity index (χ0n) is 25.2. The Hall–Kier alpha value is -5.95. The van der Waals surface area contributed by atoms with E-state index >= 15 is 0 Å². The van der Waals surface area contributed by atoms with E-state index in [-0.39, 0.29) is 0 Å². The van der Waals surface area contributed by atoms with Gasteiger partial charge in [0.25, 0.3) is 0 Å². The summed E-state index contributed by atoms with van der Waals surface area (Å²) in [4.78, 5) is 3.71. The van der Waals surface area contributed by atoms with Crippen molar-refractivity contribution in [2.24, 2.45) is 0 Å². The summed E-state index contributed by atoms with van der Waals surface area (Å²) < 4.78 is 2.35. The molecule has 216 valence electrons. The highest BCUT2D eigenvalue weighted by molar-refractivity contribution is 7.19. The van der Waals surface area contributed by atoms with E-state index in [4.69, 9.17) is 6.57 Å². The molecule has 0 saturated carbocycles. The summed E-state index contributed by atoms with van der Waals surface area (Å²) in [6.07, 6.45) is 0. The first-order valence-corrected chi connectivity index (χ1v) is 17.6. The van der Waals surface area contributed by atoms with E-state index in [0.717, 1.165) is 33.1 Å². The summed E-state index contributed by atoms with van der Waals surface area (Å²) in [6, 6.07) is 65.6. The van der Waals surface area contributed by atoms with Crippen LogP contribution >= 0.6 is 0 Å². The summed E-state index contributed by atoms with van der Waals surface area (Å²) in [7, 11) is -2.60. The van der Waals surface area contributed by atoms with Crippen LogP contribution in [0.15, 0.2) is 182 Å². The molecular weight excluding hydrogens is 573 g/mol. The molecule has 0 saturated heterocycles. The molecule has 0 aliphatic rings. The maximum atomic E-state index is 7.59. The molecule has 0 atom stereocenters. The van der Waals surface area contributed by atoms with Crippen LogP contribution < -0.4 is 20.7 Å². The van der Waals surface area contributed by atoms with Crippen molar-refractivity contribution in [3.8, 4) is 16.8 Å².